The molecular weight excluding hydrogens is 126 g/mol. The maximum atomic E-state index is 5.23. The molecule has 0 saturated heterocycles. The smallest absolute Gasteiger partial charge is 0.0446 e. The Hall–Kier alpha value is -0.560. The zero-order chi connectivity index (χ0) is 7.98. The van der Waals surface area contributed by atoms with Gasteiger partial charge in [-0.3, -0.25) is 11.3 Å². The van der Waals surface area contributed by atoms with Gasteiger partial charge < -0.3 is 4.90 Å². The molecule has 0 fully saturated rings. The van der Waals surface area contributed by atoms with Gasteiger partial charge in [0.05, 0.1) is 0 Å². The van der Waals surface area contributed by atoms with Crippen molar-refractivity contribution in [2.75, 3.05) is 20.6 Å². The SMILES string of the molecule is C#CCC(CN(C)C)NN. The predicted molar refractivity (Wildman–Crippen MR) is 43.1 cm³/mol. The summed E-state index contributed by atoms with van der Waals surface area (Å²) in [5, 5.41) is 0. The van der Waals surface area contributed by atoms with Crippen LogP contribution < -0.4 is 11.3 Å². The Kier molecular flexibility index (Phi) is 4.95. The summed E-state index contributed by atoms with van der Waals surface area (Å²) in [4.78, 5) is 2.04. The van der Waals surface area contributed by atoms with Crippen LogP contribution in [0, 0.1) is 12.3 Å². The van der Waals surface area contributed by atoms with E-state index in [9.17, 15) is 0 Å². The van der Waals surface area contributed by atoms with Crippen molar-refractivity contribution < 1.29 is 0 Å². The molecule has 3 heteroatoms. The van der Waals surface area contributed by atoms with Gasteiger partial charge in [-0.15, -0.1) is 12.3 Å². The van der Waals surface area contributed by atoms with E-state index in [0.717, 1.165) is 6.54 Å². The van der Waals surface area contributed by atoms with E-state index in [1.807, 2.05) is 19.0 Å². The second-order valence-corrected chi connectivity index (χ2v) is 2.53. The highest BCUT2D eigenvalue weighted by molar-refractivity contribution is 4.89. The van der Waals surface area contributed by atoms with Crippen molar-refractivity contribution in [3.8, 4) is 12.3 Å². The van der Waals surface area contributed by atoms with Gasteiger partial charge in [-0.25, -0.2) is 0 Å². The summed E-state index contributed by atoms with van der Waals surface area (Å²) in [5.41, 5.74) is 2.65. The summed E-state index contributed by atoms with van der Waals surface area (Å²) in [6.45, 7) is 0.876. The number of hydrogen-bond acceptors (Lipinski definition) is 3. The van der Waals surface area contributed by atoms with Crippen molar-refractivity contribution in [2.24, 2.45) is 5.84 Å². The lowest BCUT2D eigenvalue weighted by Crippen LogP contribution is -2.41. The number of hydrogen-bond donors (Lipinski definition) is 2. The van der Waals surface area contributed by atoms with Crippen LogP contribution in [-0.2, 0) is 0 Å². The van der Waals surface area contributed by atoms with Crippen LogP contribution in [0.4, 0.5) is 0 Å². The van der Waals surface area contributed by atoms with Crippen molar-refractivity contribution >= 4 is 0 Å². The van der Waals surface area contributed by atoms with Crippen molar-refractivity contribution in [1.29, 1.82) is 0 Å². The zero-order valence-corrected chi connectivity index (χ0v) is 6.59. The van der Waals surface area contributed by atoms with Gasteiger partial charge in [-0.05, 0) is 14.1 Å². The highest BCUT2D eigenvalue weighted by Gasteiger charge is 2.04. The Morgan fingerprint density at radius 3 is 2.60 bits per heavy atom. The Labute approximate surface area is 62.5 Å². The first kappa shape index (κ1) is 9.44. The van der Waals surface area contributed by atoms with Crippen LogP contribution in [0.1, 0.15) is 6.42 Å². The lowest BCUT2D eigenvalue weighted by atomic mass is 10.2. The molecule has 0 rings (SSSR count). The highest BCUT2D eigenvalue weighted by Crippen LogP contribution is 1.89. The first-order valence-electron chi connectivity index (χ1n) is 3.25. The largest absolute Gasteiger partial charge is 0.308 e. The van der Waals surface area contributed by atoms with Crippen molar-refractivity contribution in [3.05, 3.63) is 0 Å². The second-order valence-electron chi connectivity index (χ2n) is 2.53. The third-order valence-corrected chi connectivity index (χ3v) is 1.19. The Morgan fingerprint density at radius 2 is 2.30 bits per heavy atom. The number of rotatable bonds is 4. The van der Waals surface area contributed by atoms with E-state index in [0.29, 0.717) is 6.42 Å². The van der Waals surface area contributed by atoms with Crippen LogP contribution in [-0.4, -0.2) is 31.6 Å². The quantitative estimate of drug-likeness (QED) is 0.312. The maximum absolute atomic E-state index is 5.23. The minimum atomic E-state index is 0.208. The molecule has 58 valence electrons. The van der Waals surface area contributed by atoms with E-state index in [2.05, 4.69) is 11.3 Å². The van der Waals surface area contributed by atoms with Gasteiger partial charge in [0.25, 0.3) is 0 Å². The summed E-state index contributed by atoms with van der Waals surface area (Å²) in [6, 6.07) is 0.208. The first-order chi connectivity index (χ1) is 4.70. The topological polar surface area (TPSA) is 41.3 Å². The van der Waals surface area contributed by atoms with Gasteiger partial charge in [0, 0.05) is 19.0 Å². The van der Waals surface area contributed by atoms with Crippen LogP contribution in [0.25, 0.3) is 0 Å². The number of nitrogens with two attached hydrogens (primary N) is 1. The van der Waals surface area contributed by atoms with E-state index in [1.54, 1.807) is 0 Å². The fourth-order valence-corrected chi connectivity index (χ4v) is 0.759. The number of nitrogens with one attached hydrogen (secondary N) is 1. The van der Waals surface area contributed by atoms with Crippen LogP contribution in [0.3, 0.4) is 0 Å². The van der Waals surface area contributed by atoms with Gasteiger partial charge in [0.15, 0.2) is 0 Å². The number of likely N-dealkylation sites (N-methyl/N-ethyl adjacent to an activating group) is 1. The van der Waals surface area contributed by atoms with E-state index >= 15 is 0 Å². The molecule has 10 heavy (non-hydrogen) atoms. The summed E-state index contributed by atoms with van der Waals surface area (Å²) < 4.78 is 0. The molecule has 0 spiro atoms. The van der Waals surface area contributed by atoms with E-state index in [1.165, 1.54) is 0 Å². The molecular formula is C7H15N3. The molecule has 0 aromatic heterocycles. The van der Waals surface area contributed by atoms with Crippen LogP contribution >= 0.6 is 0 Å². The van der Waals surface area contributed by atoms with Gasteiger partial charge in [0.1, 0.15) is 0 Å². The molecule has 3 N–H and O–H groups in total. The molecule has 0 aromatic rings. The van der Waals surface area contributed by atoms with E-state index < -0.39 is 0 Å². The summed E-state index contributed by atoms with van der Waals surface area (Å²) in [6.07, 6.45) is 5.79. The fourth-order valence-electron chi connectivity index (χ4n) is 0.759. The normalized spacial score (nSPS) is 13.1. The van der Waals surface area contributed by atoms with Gasteiger partial charge in [-0.1, -0.05) is 0 Å². The Bertz CT molecular complexity index is 115. The molecule has 0 saturated carbocycles. The van der Waals surface area contributed by atoms with Crippen LogP contribution in [0.5, 0.6) is 0 Å². The lowest BCUT2D eigenvalue weighted by molar-refractivity contribution is 0.342. The molecule has 0 heterocycles. The predicted octanol–water partition coefficient (Wildman–Crippen LogP) is -0.597. The zero-order valence-electron chi connectivity index (χ0n) is 6.59. The molecule has 3 nitrogen and oxygen atoms in total. The van der Waals surface area contributed by atoms with Crippen molar-refractivity contribution in [1.82, 2.24) is 10.3 Å². The Balaban J connectivity index is 3.52. The summed E-state index contributed by atoms with van der Waals surface area (Å²) in [5.74, 6) is 7.79. The molecule has 0 bridgehead atoms. The van der Waals surface area contributed by atoms with Gasteiger partial charge in [0.2, 0.25) is 0 Å². The molecule has 0 aromatic carbocycles. The molecule has 1 unspecified atom stereocenters. The van der Waals surface area contributed by atoms with Crippen LogP contribution in [0.2, 0.25) is 0 Å². The number of terminal acetylenes is 1. The first-order valence-corrected chi connectivity index (χ1v) is 3.25. The van der Waals surface area contributed by atoms with Crippen molar-refractivity contribution in [2.45, 2.75) is 12.5 Å². The monoisotopic (exact) mass is 141 g/mol. The second kappa shape index (κ2) is 5.24. The fraction of sp³-hybridized carbons (Fsp3) is 0.714. The van der Waals surface area contributed by atoms with Crippen LogP contribution in [0.15, 0.2) is 0 Å². The Morgan fingerprint density at radius 1 is 1.70 bits per heavy atom. The molecule has 1 atom stereocenters. The molecule has 0 aliphatic rings. The molecule has 0 aliphatic heterocycles. The summed E-state index contributed by atoms with van der Waals surface area (Å²) in [7, 11) is 3.97. The molecule has 0 radical (unpaired) electrons. The lowest BCUT2D eigenvalue weighted by Gasteiger charge is -2.17. The molecule has 0 amide bonds. The minimum absolute atomic E-state index is 0.208. The third kappa shape index (κ3) is 4.33. The average molecular weight is 141 g/mol. The van der Waals surface area contributed by atoms with Crippen molar-refractivity contribution in [3.63, 3.8) is 0 Å². The highest BCUT2D eigenvalue weighted by atomic mass is 15.3. The average Bonchev–Trinajstić information content (AvgIpc) is 1.86. The molecule has 0 aliphatic carbocycles. The summed E-state index contributed by atoms with van der Waals surface area (Å²) >= 11 is 0. The van der Waals surface area contributed by atoms with E-state index in [4.69, 9.17) is 12.3 Å². The van der Waals surface area contributed by atoms with E-state index in [-0.39, 0.29) is 6.04 Å². The third-order valence-electron chi connectivity index (χ3n) is 1.19. The van der Waals surface area contributed by atoms with Gasteiger partial charge in [-0.2, -0.15) is 0 Å². The standard InChI is InChI=1S/C7H15N3/c1-4-5-7(9-8)6-10(2)3/h1,7,9H,5-6,8H2,2-3H3. The number of hydrazine groups is 1. The minimum Gasteiger partial charge on any atom is -0.308 e. The maximum Gasteiger partial charge on any atom is 0.0446 e. The van der Waals surface area contributed by atoms with Gasteiger partial charge >= 0.3 is 0 Å². The number of nitrogens with zero attached hydrogens (tertiary/aromatic N) is 1.